The molecule has 88 valence electrons. The molecule has 0 aliphatic heterocycles. The number of ether oxygens (including phenoxy) is 1. The number of nitrogens with zero attached hydrogens (tertiary/aromatic N) is 1. The standard InChI is InChI=1S/C9H7BrClF2NO2/c1-2-16-8(15)9(12,13)7-6(11)3-5(10)4-14-7/h3-4H,2H2,1H3. The highest BCUT2D eigenvalue weighted by atomic mass is 79.9. The van der Waals surface area contributed by atoms with Gasteiger partial charge in [-0.05, 0) is 28.9 Å². The lowest BCUT2D eigenvalue weighted by molar-refractivity contribution is -0.173. The summed E-state index contributed by atoms with van der Waals surface area (Å²) in [5.74, 6) is -5.50. The zero-order chi connectivity index (χ0) is 12.3. The highest BCUT2D eigenvalue weighted by Gasteiger charge is 2.45. The quantitative estimate of drug-likeness (QED) is 0.805. The number of carbonyl (C=O) groups excluding carboxylic acids is 1. The molecule has 1 aromatic rings. The van der Waals surface area contributed by atoms with E-state index in [2.05, 4.69) is 25.7 Å². The number of carbonyl (C=O) groups is 1. The Labute approximate surface area is 104 Å². The zero-order valence-corrected chi connectivity index (χ0v) is 10.5. The van der Waals surface area contributed by atoms with Crippen LogP contribution < -0.4 is 0 Å². The molecule has 0 aliphatic rings. The third-order valence-electron chi connectivity index (χ3n) is 1.64. The molecule has 0 amide bonds. The normalized spacial score (nSPS) is 11.3. The molecule has 0 radical (unpaired) electrons. The van der Waals surface area contributed by atoms with Crippen LogP contribution in [0.15, 0.2) is 16.7 Å². The second-order valence-electron chi connectivity index (χ2n) is 2.78. The molecule has 16 heavy (non-hydrogen) atoms. The van der Waals surface area contributed by atoms with E-state index in [4.69, 9.17) is 11.6 Å². The zero-order valence-electron chi connectivity index (χ0n) is 8.14. The van der Waals surface area contributed by atoms with Crippen molar-refractivity contribution >= 4 is 33.5 Å². The van der Waals surface area contributed by atoms with Crippen molar-refractivity contribution < 1.29 is 18.3 Å². The third-order valence-corrected chi connectivity index (χ3v) is 2.36. The van der Waals surface area contributed by atoms with Gasteiger partial charge in [0.1, 0.15) is 5.69 Å². The van der Waals surface area contributed by atoms with Crippen LogP contribution in [0.25, 0.3) is 0 Å². The van der Waals surface area contributed by atoms with Crippen LogP contribution in [0.2, 0.25) is 5.02 Å². The van der Waals surface area contributed by atoms with Crippen LogP contribution in [0.5, 0.6) is 0 Å². The molecule has 0 saturated heterocycles. The number of hydrogen-bond donors (Lipinski definition) is 0. The first kappa shape index (κ1) is 13.3. The maximum Gasteiger partial charge on any atom is 0.385 e. The molecule has 1 rings (SSSR count). The molecule has 0 bridgehead atoms. The lowest BCUT2D eigenvalue weighted by atomic mass is 10.2. The van der Waals surface area contributed by atoms with E-state index in [1.807, 2.05) is 0 Å². The summed E-state index contributed by atoms with van der Waals surface area (Å²) in [6, 6.07) is 1.23. The number of rotatable bonds is 3. The largest absolute Gasteiger partial charge is 0.461 e. The van der Waals surface area contributed by atoms with Crippen LogP contribution in [-0.2, 0) is 15.5 Å². The fraction of sp³-hybridized carbons (Fsp3) is 0.333. The summed E-state index contributed by atoms with van der Waals surface area (Å²) in [7, 11) is 0. The Morgan fingerprint density at radius 3 is 2.81 bits per heavy atom. The SMILES string of the molecule is CCOC(=O)C(F)(F)c1ncc(Br)cc1Cl. The average Bonchev–Trinajstić information content (AvgIpc) is 2.17. The number of alkyl halides is 2. The minimum atomic E-state index is -3.84. The van der Waals surface area contributed by atoms with Gasteiger partial charge in [0.2, 0.25) is 0 Å². The van der Waals surface area contributed by atoms with Crippen LogP contribution in [0.3, 0.4) is 0 Å². The second-order valence-corrected chi connectivity index (χ2v) is 4.10. The number of esters is 1. The van der Waals surface area contributed by atoms with Crippen molar-refractivity contribution in [1.29, 1.82) is 0 Å². The fourth-order valence-corrected chi connectivity index (χ4v) is 1.71. The molecule has 0 aromatic carbocycles. The summed E-state index contributed by atoms with van der Waals surface area (Å²) >= 11 is 8.60. The molecule has 7 heteroatoms. The van der Waals surface area contributed by atoms with E-state index in [1.54, 1.807) is 0 Å². The molecule has 0 aliphatic carbocycles. The van der Waals surface area contributed by atoms with Gasteiger partial charge >= 0.3 is 11.9 Å². The van der Waals surface area contributed by atoms with E-state index in [9.17, 15) is 13.6 Å². The first-order chi connectivity index (χ1) is 7.39. The van der Waals surface area contributed by atoms with Crippen molar-refractivity contribution in [2.75, 3.05) is 6.61 Å². The highest BCUT2D eigenvalue weighted by molar-refractivity contribution is 9.10. The van der Waals surface area contributed by atoms with E-state index >= 15 is 0 Å². The number of pyridine rings is 1. The van der Waals surface area contributed by atoms with E-state index in [0.717, 1.165) is 6.20 Å². The van der Waals surface area contributed by atoms with Crippen LogP contribution in [-0.4, -0.2) is 17.6 Å². The molecule has 0 fully saturated rings. The van der Waals surface area contributed by atoms with E-state index < -0.39 is 17.6 Å². The summed E-state index contributed by atoms with van der Waals surface area (Å²) in [5.41, 5.74) is -0.809. The third kappa shape index (κ3) is 2.68. The number of aromatic nitrogens is 1. The molecule has 3 nitrogen and oxygen atoms in total. The molecule has 1 aromatic heterocycles. The fourth-order valence-electron chi connectivity index (χ4n) is 0.964. The predicted octanol–water partition coefficient (Wildman–Crippen LogP) is 3.15. The van der Waals surface area contributed by atoms with E-state index in [1.165, 1.54) is 13.0 Å². The van der Waals surface area contributed by atoms with Crippen molar-refractivity contribution in [3.63, 3.8) is 0 Å². The van der Waals surface area contributed by atoms with E-state index in [0.29, 0.717) is 4.47 Å². The van der Waals surface area contributed by atoms with Gasteiger partial charge in [0.05, 0.1) is 11.6 Å². The molecule has 0 saturated carbocycles. The minimum Gasteiger partial charge on any atom is -0.461 e. The van der Waals surface area contributed by atoms with Crippen LogP contribution in [0.1, 0.15) is 12.6 Å². The van der Waals surface area contributed by atoms with Gasteiger partial charge in [-0.2, -0.15) is 8.78 Å². The summed E-state index contributed by atoms with van der Waals surface area (Å²) in [5, 5.41) is -0.299. The minimum absolute atomic E-state index is 0.136. The van der Waals surface area contributed by atoms with Gasteiger partial charge < -0.3 is 4.74 Å². The molecular formula is C9H7BrClF2NO2. The van der Waals surface area contributed by atoms with Crippen LogP contribution >= 0.6 is 27.5 Å². The van der Waals surface area contributed by atoms with Gasteiger partial charge in [0.25, 0.3) is 0 Å². The van der Waals surface area contributed by atoms with Gasteiger partial charge in [-0.1, -0.05) is 11.6 Å². The Balaban J connectivity index is 3.11. The highest BCUT2D eigenvalue weighted by Crippen LogP contribution is 2.34. The maximum atomic E-state index is 13.5. The van der Waals surface area contributed by atoms with Gasteiger partial charge in [0, 0.05) is 10.7 Å². The molecule has 0 atom stereocenters. The lowest BCUT2D eigenvalue weighted by Gasteiger charge is -2.14. The van der Waals surface area contributed by atoms with Gasteiger partial charge in [-0.3, -0.25) is 4.98 Å². The summed E-state index contributed by atoms with van der Waals surface area (Å²) in [6.07, 6.45) is 1.13. The first-order valence-electron chi connectivity index (χ1n) is 4.26. The molecule has 0 unspecified atom stereocenters. The van der Waals surface area contributed by atoms with Crippen LogP contribution in [0, 0.1) is 0 Å². The van der Waals surface area contributed by atoms with Crippen molar-refractivity contribution in [3.8, 4) is 0 Å². The lowest BCUT2D eigenvalue weighted by Crippen LogP contribution is -2.29. The van der Waals surface area contributed by atoms with E-state index in [-0.39, 0.29) is 11.6 Å². The summed E-state index contributed by atoms with van der Waals surface area (Å²) in [6.45, 7) is 1.30. The molecular weight excluding hydrogens is 307 g/mol. The predicted molar refractivity (Wildman–Crippen MR) is 57.5 cm³/mol. The molecule has 1 heterocycles. The smallest absolute Gasteiger partial charge is 0.385 e. The Hall–Kier alpha value is -0.750. The first-order valence-corrected chi connectivity index (χ1v) is 5.43. The summed E-state index contributed by atoms with van der Waals surface area (Å²) in [4.78, 5) is 14.4. The molecule has 0 spiro atoms. The average molecular weight is 315 g/mol. The Kier molecular flexibility index (Phi) is 4.21. The Bertz CT molecular complexity index is 414. The monoisotopic (exact) mass is 313 g/mol. The topological polar surface area (TPSA) is 39.2 Å². The molecule has 0 N–H and O–H groups in total. The maximum absolute atomic E-state index is 13.5. The van der Waals surface area contributed by atoms with Crippen molar-refractivity contribution in [3.05, 3.63) is 27.5 Å². The number of halogens is 4. The van der Waals surface area contributed by atoms with Crippen molar-refractivity contribution in [1.82, 2.24) is 4.98 Å². The van der Waals surface area contributed by atoms with Crippen molar-refractivity contribution in [2.45, 2.75) is 12.8 Å². The Morgan fingerprint density at radius 2 is 2.31 bits per heavy atom. The number of hydrogen-bond acceptors (Lipinski definition) is 3. The van der Waals surface area contributed by atoms with Gasteiger partial charge in [-0.15, -0.1) is 0 Å². The summed E-state index contributed by atoms with van der Waals surface area (Å²) < 4.78 is 31.7. The Morgan fingerprint density at radius 1 is 1.69 bits per heavy atom. The van der Waals surface area contributed by atoms with Gasteiger partial charge in [0.15, 0.2) is 0 Å². The van der Waals surface area contributed by atoms with Crippen molar-refractivity contribution in [2.24, 2.45) is 0 Å². The van der Waals surface area contributed by atoms with Crippen LogP contribution in [0.4, 0.5) is 8.78 Å². The van der Waals surface area contributed by atoms with Gasteiger partial charge in [-0.25, -0.2) is 4.79 Å². The second kappa shape index (κ2) is 5.05.